The van der Waals surface area contributed by atoms with Crippen molar-refractivity contribution in [2.24, 2.45) is 4.99 Å². The number of amides is 1. The molecule has 0 bridgehead atoms. The molecule has 0 aliphatic rings. The van der Waals surface area contributed by atoms with Gasteiger partial charge in [-0.25, -0.2) is 9.18 Å². The van der Waals surface area contributed by atoms with Crippen LogP contribution < -0.4 is 0 Å². The lowest BCUT2D eigenvalue weighted by atomic mass is 10.1. The maximum atomic E-state index is 12.9. The van der Waals surface area contributed by atoms with Crippen LogP contribution in [-0.2, 0) is 4.79 Å². The van der Waals surface area contributed by atoms with Crippen molar-refractivity contribution in [2.45, 2.75) is 6.92 Å². The summed E-state index contributed by atoms with van der Waals surface area (Å²) >= 11 is 0. The molecule has 13 heavy (non-hydrogen) atoms. The number of aryl methyl sites for hydroxylation is 1. The molecule has 1 aromatic rings. The third-order valence-electron chi connectivity index (χ3n) is 1.57. The van der Waals surface area contributed by atoms with E-state index in [1.54, 1.807) is 6.92 Å². The quantitative estimate of drug-likeness (QED) is 0.485. The molecule has 0 aliphatic heterocycles. The lowest BCUT2D eigenvalue weighted by molar-refractivity contribution is 0.100. The van der Waals surface area contributed by atoms with Gasteiger partial charge in [-0.2, -0.15) is 0 Å². The molecule has 0 unspecified atom stereocenters. The minimum atomic E-state index is -0.783. The molecule has 0 N–H and O–H groups in total. The molecule has 0 saturated carbocycles. The van der Waals surface area contributed by atoms with Crippen LogP contribution in [0.5, 0.6) is 0 Å². The van der Waals surface area contributed by atoms with E-state index >= 15 is 0 Å². The van der Waals surface area contributed by atoms with Gasteiger partial charge in [0.05, 0.1) is 0 Å². The summed E-state index contributed by atoms with van der Waals surface area (Å²) < 4.78 is 12.9. The van der Waals surface area contributed by atoms with E-state index in [2.05, 4.69) is 4.99 Å². The van der Waals surface area contributed by atoms with Gasteiger partial charge in [-0.15, -0.1) is 4.99 Å². The highest BCUT2D eigenvalue weighted by atomic mass is 19.1. The molecule has 1 aromatic carbocycles. The second-order valence-electron chi connectivity index (χ2n) is 2.47. The first-order valence-electron chi connectivity index (χ1n) is 3.53. The molecule has 0 aromatic heterocycles. The number of benzene rings is 1. The predicted molar refractivity (Wildman–Crippen MR) is 43.6 cm³/mol. The second-order valence-corrected chi connectivity index (χ2v) is 2.47. The van der Waals surface area contributed by atoms with Crippen molar-refractivity contribution < 1.29 is 14.0 Å². The van der Waals surface area contributed by atoms with Crippen LogP contribution in [0.15, 0.2) is 23.2 Å². The van der Waals surface area contributed by atoms with Crippen LogP contribution in [0.3, 0.4) is 0 Å². The highest BCUT2D eigenvalue weighted by Gasteiger charge is 2.06. The number of hydrogen-bond acceptors (Lipinski definition) is 2. The maximum Gasteiger partial charge on any atom is 0.287 e. The Hall–Kier alpha value is -1.80. The molecular formula is C9H6FNO2. The highest BCUT2D eigenvalue weighted by Crippen LogP contribution is 2.09. The summed E-state index contributed by atoms with van der Waals surface area (Å²) in [5, 5.41) is 0. The first-order valence-corrected chi connectivity index (χ1v) is 3.53. The number of halogens is 1. The monoisotopic (exact) mass is 179 g/mol. The van der Waals surface area contributed by atoms with Crippen LogP contribution in [0.2, 0.25) is 0 Å². The van der Waals surface area contributed by atoms with E-state index in [0.29, 0.717) is 5.56 Å². The van der Waals surface area contributed by atoms with Gasteiger partial charge in [0.1, 0.15) is 5.82 Å². The van der Waals surface area contributed by atoms with E-state index in [4.69, 9.17) is 0 Å². The summed E-state index contributed by atoms with van der Waals surface area (Å²) in [6, 6.07) is 3.89. The average molecular weight is 179 g/mol. The fourth-order valence-electron chi connectivity index (χ4n) is 0.832. The van der Waals surface area contributed by atoms with Crippen molar-refractivity contribution in [1.29, 1.82) is 0 Å². The van der Waals surface area contributed by atoms with Crippen LogP contribution in [-0.4, -0.2) is 12.0 Å². The summed E-state index contributed by atoms with van der Waals surface area (Å²) in [6.07, 6.45) is 1.10. The summed E-state index contributed by atoms with van der Waals surface area (Å²) in [5.41, 5.74) is 0.484. The number of rotatable bonds is 1. The third kappa shape index (κ3) is 2.07. The van der Waals surface area contributed by atoms with E-state index in [9.17, 15) is 14.0 Å². The van der Waals surface area contributed by atoms with E-state index in [1.165, 1.54) is 12.1 Å². The predicted octanol–water partition coefficient (Wildman–Crippen LogP) is 1.61. The van der Waals surface area contributed by atoms with Crippen molar-refractivity contribution in [1.82, 2.24) is 0 Å². The number of carbonyl (C=O) groups is 1. The summed E-state index contributed by atoms with van der Waals surface area (Å²) in [5.74, 6) is -1.28. The molecule has 0 aliphatic carbocycles. The topological polar surface area (TPSA) is 46.5 Å². The SMILES string of the molecule is Cc1ccc(C(=O)N=C=O)cc1F. The van der Waals surface area contributed by atoms with Crippen molar-refractivity contribution in [3.8, 4) is 0 Å². The third-order valence-corrected chi connectivity index (χ3v) is 1.57. The Morgan fingerprint density at radius 2 is 2.23 bits per heavy atom. The second kappa shape index (κ2) is 3.74. The molecule has 1 rings (SSSR count). The fraction of sp³-hybridized carbons (Fsp3) is 0.111. The van der Waals surface area contributed by atoms with Crippen molar-refractivity contribution >= 4 is 12.0 Å². The van der Waals surface area contributed by atoms with Gasteiger partial charge in [-0.3, -0.25) is 4.79 Å². The molecule has 0 saturated heterocycles. The number of carbonyl (C=O) groups excluding carboxylic acids is 2. The standard InChI is InChI=1S/C9H6FNO2/c1-6-2-3-7(4-8(6)10)9(13)11-5-12/h2-4H,1H3. The van der Waals surface area contributed by atoms with Gasteiger partial charge in [0, 0.05) is 5.56 Å². The zero-order chi connectivity index (χ0) is 9.84. The molecule has 3 nitrogen and oxygen atoms in total. The lowest BCUT2D eigenvalue weighted by Crippen LogP contribution is -1.95. The molecule has 66 valence electrons. The van der Waals surface area contributed by atoms with E-state index in [-0.39, 0.29) is 5.56 Å². The normalized spacial score (nSPS) is 9.08. The Kier molecular flexibility index (Phi) is 2.67. The van der Waals surface area contributed by atoms with Crippen LogP contribution >= 0.6 is 0 Å². The minimum Gasteiger partial charge on any atom is -0.266 e. The molecule has 1 amide bonds. The van der Waals surface area contributed by atoms with Gasteiger partial charge in [0.2, 0.25) is 6.08 Å². The minimum absolute atomic E-state index is 0.0476. The smallest absolute Gasteiger partial charge is 0.266 e. The molecule has 0 fully saturated rings. The van der Waals surface area contributed by atoms with Gasteiger partial charge in [0.25, 0.3) is 5.91 Å². The maximum absolute atomic E-state index is 12.9. The Morgan fingerprint density at radius 1 is 1.54 bits per heavy atom. The van der Waals surface area contributed by atoms with Crippen LogP contribution in [0.25, 0.3) is 0 Å². The van der Waals surface area contributed by atoms with Gasteiger partial charge in [0.15, 0.2) is 0 Å². The molecule has 0 radical (unpaired) electrons. The van der Waals surface area contributed by atoms with Crippen LogP contribution in [0.4, 0.5) is 4.39 Å². The van der Waals surface area contributed by atoms with Gasteiger partial charge in [-0.1, -0.05) is 6.07 Å². The van der Waals surface area contributed by atoms with Crippen molar-refractivity contribution in [2.75, 3.05) is 0 Å². The number of isocyanates is 1. The summed E-state index contributed by atoms with van der Waals surface area (Å²) in [6.45, 7) is 1.58. The van der Waals surface area contributed by atoms with E-state index < -0.39 is 11.7 Å². The van der Waals surface area contributed by atoms with Gasteiger partial charge in [-0.05, 0) is 24.6 Å². The Morgan fingerprint density at radius 3 is 2.77 bits per heavy atom. The van der Waals surface area contributed by atoms with E-state index in [0.717, 1.165) is 12.1 Å². The van der Waals surface area contributed by atoms with Crippen LogP contribution in [0, 0.1) is 12.7 Å². The van der Waals surface area contributed by atoms with Crippen LogP contribution in [0.1, 0.15) is 15.9 Å². The molecule has 0 atom stereocenters. The lowest BCUT2D eigenvalue weighted by Gasteiger charge is -1.96. The van der Waals surface area contributed by atoms with Crippen molar-refractivity contribution in [3.05, 3.63) is 35.1 Å². The Bertz CT molecular complexity index is 395. The highest BCUT2D eigenvalue weighted by molar-refractivity contribution is 5.97. The van der Waals surface area contributed by atoms with E-state index in [1.807, 2.05) is 0 Å². The first kappa shape index (κ1) is 9.29. The van der Waals surface area contributed by atoms with Crippen molar-refractivity contribution in [3.63, 3.8) is 0 Å². The number of hydrogen-bond donors (Lipinski definition) is 0. The summed E-state index contributed by atoms with van der Waals surface area (Å²) in [7, 11) is 0. The number of nitrogens with zero attached hydrogens (tertiary/aromatic N) is 1. The van der Waals surface area contributed by atoms with Gasteiger partial charge < -0.3 is 0 Å². The molecule has 4 heteroatoms. The molecule has 0 spiro atoms. The summed E-state index contributed by atoms with van der Waals surface area (Å²) in [4.78, 5) is 23.5. The number of aliphatic imine (C=N–C) groups is 1. The zero-order valence-electron chi connectivity index (χ0n) is 6.87. The average Bonchev–Trinajstić information content (AvgIpc) is 2.10. The molecular weight excluding hydrogens is 173 g/mol. The molecule has 0 heterocycles. The largest absolute Gasteiger partial charge is 0.287 e. The fourth-order valence-corrected chi connectivity index (χ4v) is 0.832. The van der Waals surface area contributed by atoms with Gasteiger partial charge >= 0.3 is 0 Å². The zero-order valence-corrected chi connectivity index (χ0v) is 6.87. The first-order chi connectivity index (χ1) is 6.15. The Labute approximate surface area is 73.9 Å². The Balaban J connectivity index is 3.10.